The van der Waals surface area contributed by atoms with Crippen LogP contribution in [0.25, 0.3) is 16.8 Å². The minimum absolute atomic E-state index is 0.00410. The van der Waals surface area contributed by atoms with Crippen molar-refractivity contribution in [2.24, 2.45) is 13.0 Å². The van der Waals surface area contributed by atoms with Gasteiger partial charge in [0.2, 0.25) is 11.8 Å². The van der Waals surface area contributed by atoms with Crippen LogP contribution in [-0.2, 0) is 11.8 Å². The number of hydrogen-bond acceptors (Lipinski definition) is 5. The first-order chi connectivity index (χ1) is 13.5. The zero-order chi connectivity index (χ0) is 19.5. The number of likely N-dealkylation sites (tertiary alicyclic amines) is 1. The standard InChI is InChI=1S/C20H22N6O2/c1-4-18(27)25-8-6-14-17(25)9-20(14,2)28-19-16-5-7-21-26(16)12-15(23-19)13-10-22-24(3)11-13/h4-5,7,10-12,14,17H,1,6,8-9H2,2-3H3. The Morgan fingerprint density at radius 1 is 1.39 bits per heavy atom. The zero-order valence-corrected chi connectivity index (χ0v) is 15.9. The maximum absolute atomic E-state index is 12.1. The highest BCUT2D eigenvalue weighted by Crippen LogP contribution is 2.50. The molecule has 0 N–H and O–H groups in total. The number of aryl methyl sites for hydroxylation is 1. The zero-order valence-electron chi connectivity index (χ0n) is 15.9. The van der Waals surface area contributed by atoms with Gasteiger partial charge in [-0.1, -0.05) is 6.58 Å². The molecule has 2 aliphatic rings. The maximum atomic E-state index is 12.1. The quantitative estimate of drug-likeness (QED) is 0.650. The Balaban J connectivity index is 1.46. The van der Waals surface area contributed by atoms with Gasteiger partial charge in [-0.2, -0.15) is 10.2 Å². The lowest BCUT2D eigenvalue weighted by Gasteiger charge is -2.51. The van der Waals surface area contributed by atoms with E-state index < -0.39 is 0 Å². The number of ether oxygens (including phenoxy) is 1. The number of nitrogens with zero attached hydrogens (tertiary/aromatic N) is 6. The number of fused-ring (bicyclic) bond motifs is 2. The van der Waals surface area contributed by atoms with Crippen molar-refractivity contribution in [3.8, 4) is 17.1 Å². The fourth-order valence-electron chi connectivity index (χ4n) is 4.62. The van der Waals surface area contributed by atoms with Crippen LogP contribution in [-0.4, -0.2) is 53.4 Å². The summed E-state index contributed by atoms with van der Waals surface area (Å²) < 4.78 is 10.0. The summed E-state index contributed by atoms with van der Waals surface area (Å²) in [6.45, 7) is 6.48. The van der Waals surface area contributed by atoms with E-state index in [1.165, 1.54) is 6.08 Å². The third kappa shape index (κ3) is 2.44. The molecular formula is C20H22N6O2. The molecule has 1 aliphatic carbocycles. The predicted molar refractivity (Wildman–Crippen MR) is 103 cm³/mol. The fraction of sp³-hybridized carbons (Fsp3) is 0.400. The Morgan fingerprint density at radius 3 is 3.00 bits per heavy atom. The first-order valence-electron chi connectivity index (χ1n) is 9.44. The molecule has 2 fully saturated rings. The number of aromatic nitrogens is 5. The fourth-order valence-corrected chi connectivity index (χ4v) is 4.62. The average Bonchev–Trinajstić information content (AvgIpc) is 3.39. The molecule has 3 aromatic heterocycles. The minimum atomic E-state index is -0.355. The van der Waals surface area contributed by atoms with Crippen molar-refractivity contribution in [2.45, 2.75) is 31.4 Å². The average molecular weight is 378 g/mol. The van der Waals surface area contributed by atoms with Crippen molar-refractivity contribution in [3.05, 3.63) is 43.5 Å². The van der Waals surface area contributed by atoms with Crippen LogP contribution in [0.3, 0.4) is 0 Å². The van der Waals surface area contributed by atoms with Gasteiger partial charge in [0.05, 0.1) is 24.3 Å². The Bertz CT molecular complexity index is 1090. The summed E-state index contributed by atoms with van der Waals surface area (Å²) in [5.74, 6) is 0.862. The summed E-state index contributed by atoms with van der Waals surface area (Å²) in [6.07, 6.45) is 10.4. The first-order valence-corrected chi connectivity index (χ1v) is 9.44. The van der Waals surface area contributed by atoms with Gasteiger partial charge in [-0.25, -0.2) is 9.50 Å². The predicted octanol–water partition coefficient (Wildman–Crippen LogP) is 2.07. The van der Waals surface area contributed by atoms with E-state index in [-0.39, 0.29) is 17.6 Å². The van der Waals surface area contributed by atoms with E-state index in [2.05, 4.69) is 23.7 Å². The number of carbonyl (C=O) groups is 1. The number of hydrogen-bond donors (Lipinski definition) is 0. The molecule has 3 unspecified atom stereocenters. The van der Waals surface area contributed by atoms with E-state index in [1.807, 2.05) is 30.4 Å². The van der Waals surface area contributed by atoms with E-state index in [9.17, 15) is 4.79 Å². The highest BCUT2D eigenvalue weighted by atomic mass is 16.5. The molecule has 1 amide bonds. The van der Waals surface area contributed by atoms with Crippen LogP contribution >= 0.6 is 0 Å². The van der Waals surface area contributed by atoms with Crippen molar-refractivity contribution >= 4 is 11.4 Å². The Kier molecular flexibility index (Phi) is 3.59. The molecule has 4 heterocycles. The van der Waals surface area contributed by atoms with Crippen molar-refractivity contribution in [1.29, 1.82) is 0 Å². The first kappa shape index (κ1) is 17.0. The van der Waals surface area contributed by atoms with Crippen molar-refractivity contribution in [2.75, 3.05) is 6.54 Å². The third-order valence-corrected chi connectivity index (χ3v) is 6.09. The molecular weight excluding hydrogens is 356 g/mol. The molecule has 1 aliphatic heterocycles. The lowest BCUT2D eigenvalue weighted by atomic mass is 9.66. The van der Waals surface area contributed by atoms with Crippen LogP contribution in [0.2, 0.25) is 0 Å². The van der Waals surface area contributed by atoms with Crippen LogP contribution in [0.1, 0.15) is 19.8 Å². The number of carbonyl (C=O) groups excluding carboxylic acids is 1. The molecule has 1 saturated carbocycles. The molecule has 0 bridgehead atoms. The van der Waals surface area contributed by atoms with Gasteiger partial charge >= 0.3 is 0 Å². The van der Waals surface area contributed by atoms with Crippen molar-refractivity contribution < 1.29 is 9.53 Å². The SMILES string of the molecule is C=CC(=O)N1CCC2C1CC2(C)Oc1nc(-c2cnn(C)c2)cn2nccc12. The van der Waals surface area contributed by atoms with Crippen LogP contribution in [0.5, 0.6) is 5.88 Å². The van der Waals surface area contributed by atoms with Gasteiger partial charge < -0.3 is 9.64 Å². The van der Waals surface area contributed by atoms with E-state index in [4.69, 9.17) is 9.72 Å². The summed E-state index contributed by atoms with van der Waals surface area (Å²) in [4.78, 5) is 18.7. The summed E-state index contributed by atoms with van der Waals surface area (Å²) >= 11 is 0. The van der Waals surface area contributed by atoms with Crippen LogP contribution in [0.15, 0.2) is 43.5 Å². The lowest BCUT2D eigenvalue weighted by Crippen LogP contribution is -2.61. The van der Waals surface area contributed by atoms with Crippen molar-refractivity contribution in [3.63, 3.8) is 0 Å². The monoisotopic (exact) mass is 378 g/mol. The molecule has 8 heteroatoms. The van der Waals surface area contributed by atoms with Gasteiger partial charge in [0, 0.05) is 43.7 Å². The minimum Gasteiger partial charge on any atom is -0.469 e. The van der Waals surface area contributed by atoms with Gasteiger partial charge in [0.15, 0.2) is 0 Å². The van der Waals surface area contributed by atoms with Gasteiger partial charge in [0.25, 0.3) is 0 Å². The summed E-state index contributed by atoms with van der Waals surface area (Å²) in [5.41, 5.74) is 2.14. The van der Waals surface area contributed by atoms with Crippen LogP contribution in [0.4, 0.5) is 0 Å². The van der Waals surface area contributed by atoms with Crippen LogP contribution in [0, 0.1) is 5.92 Å². The molecule has 144 valence electrons. The molecule has 1 saturated heterocycles. The Morgan fingerprint density at radius 2 is 2.25 bits per heavy atom. The molecule has 3 atom stereocenters. The topological polar surface area (TPSA) is 77.6 Å². The molecule has 8 nitrogen and oxygen atoms in total. The van der Waals surface area contributed by atoms with Crippen molar-refractivity contribution in [1.82, 2.24) is 29.3 Å². The molecule has 0 radical (unpaired) electrons. The maximum Gasteiger partial charge on any atom is 0.246 e. The molecule has 28 heavy (non-hydrogen) atoms. The molecule has 0 spiro atoms. The molecule has 3 aromatic rings. The second-order valence-electron chi connectivity index (χ2n) is 7.81. The van der Waals surface area contributed by atoms with E-state index in [1.54, 1.807) is 21.6 Å². The van der Waals surface area contributed by atoms with E-state index in [0.29, 0.717) is 11.8 Å². The lowest BCUT2D eigenvalue weighted by molar-refractivity contribution is -0.136. The summed E-state index contributed by atoms with van der Waals surface area (Å²) in [7, 11) is 1.87. The Hall–Kier alpha value is -3.16. The highest BCUT2D eigenvalue weighted by molar-refractivity contribution is 5.87. The van der Waals surface area contributed by atoms with E-state index >= 15 is 0 Å². The number of amides is 1. The van der Waals surface area contributed by atoms with Gasteiger partial charge in [-0.05, 0) is 25.5 Å². The Labute approximate surface area is 162 Å². The second-order valence-corrected chi connectivity index (χ2v) is 7.81. The molecule has 5 rings (SSSR count). The highest BCUT2D eigenvalue weighted by Gasteiger charge is 2.59. The second kappa shape index (κ2) is 5.92. The largest absolute Gasteiger partial charge is 0.469 e. The van der Waals surface area contributed by atoms with E-state index in [0.717, 1.165) is 36.2 Å². The van der Waals surface area contributed by atoms with Gasteiger partial charge in [-0.15, -0.1) is 0 Å². The van der Waals surface area contributed by atoms with Crippen LogP contribution < -0.4 is 4.74 Å². The molecule has 0 aromatic carbocycles. The number of rotatable bonds is 4. The third-order valence-electron chi connectivity index (χ3n) is 6.09. The van der Waals surface area contributed by atoms with Gasteiger partial charge in [0.1, 0.15) is 11.1 Å². The normalized spacial score (nSPS) is 26.1. The van der Waals surface area contributed by atoms with Gasteiger partial charge in [-0.3, -0.25) is 9.48 Å². The smallest absolute Gasteiger partial charge is 0.246 e. The summed E-state index contributed by atoms with van der Waals surface area (Å²) in [5, 5.41) is 8.59. The summed E-state index contributed by atoms with van der Waals surface area (Å²) in [6, 6.07) is 2.12.